The average Bonchev–Trinajstić information content (AvgIpc) is 2.49. The highest BCUT2D eigenvalue weighted by molar-refractivity contribution is 6.13. The second-order valence-corrected chi connectivity index (χ2v) is 4.84. The first-order valence-electron chi connectivity index (χ1n) is 6.91. The van der Waals surface area contributed by atoms with E-state index in [0.29, 0.717) is 11.1 Å². The minimum Gasteiger partial charge on any atom is -0.294 e. The van der Waals surface area contributed by atoms with Crippen LogP contribution in [0.4, 0.5) is 0 Å². The van der Waals surface area contributed by atoms with Gasteiger partial charge in [-0.15, -0.1) is 0 Å². The van der Waals surface area contributed by atoms with E-state index >= 15 is 0 Å². The number of carbonyl (C=O) groups is 2. The van der Waals surface area contributed by atoms with Crippen LogP contribution in [0.3, 0.4) is 0 Å². The van der Waals surface area contributed by atoms with E-state index < -0.39 is 0 Å². The van der Waals surface area contributed by atoms with Crippen molar-refractivity contribution < 1.29 is 9.59 Å². The second kappa shape index (κ2) is 6.80. The monoisotopic (exact) mass is 266 g/mol. The summed E-state index contributed by atoms with van der Waals surface area (Å²) in [5.74, 6) is -0.255. The van der Waals surface area contributed by atoms with Crippen LogP contribution < -0.4 is 0 Å². The molecule has 2 aromatic rings. The molecular formula is C18H18O2. The van der Waals surface area contributed by atoms with E-state index in [-0.39, 0.29) is 18.0 Å². The molecule has 0 spiro atoms. The fraction of sp³-hybridized carbons (Fsp3) is 0.222. The number of hydrogen-bond acceptors (Lipinski definition) is 2. The SMILES string of the molecule is CCCc1ccc(C(=O)CC(=O)c2ccccc2)cc1. The zero-order valence-electron chi connectivity index (χ0n) is 11.6. The summed E-state index contributed by atoms with van der Waals surface area (Å²) in [6.45, 7) is 2.12. The Hall–Kier alpha value is -2.22. The van der Waals surface area contributed by atoms with Gasteiger partial charge in [-0.2, -0.15) is 0 Å². The molecule has 0 unspecified atom stereocenters. The summed E-state index contributed by atoms with van der Waals surface area (Å²) >= 11 is 0. The smallest absolute Gasteiger partial charge is 0.170 e. The van der Waals surface area contributed by atoms with E-state index in [9.17, 15) is 9.59 Å². The third-order valence-electron chi connectivity index (χ3n) is 3.23. The number of benzene rings is 2. The zero-order chi connectivity index (χ0) is 14.4. The standard InChI is InChI=1S/C18H18O2/c1-2-6-14-9-11-16(12-10-14)18(20)13-17(19)15-7-4-3-5-8-15/h3-5,7-12H,2,6,13H2,1H3. The topological polar surface area (TPSA) is 34.1 Å². The fourth-order valence-electron chi connectivity index (χ4n) is 2.12. The quantitative estimate of drug-likeness (QED) is 0.583. The molecule has 0 aliphatic carbocycles. The van der Waals surface area contributed by atoms with Crippen LogP contribution in [0.25, 0.3) is 0 Å². The highest BCUT2D eigenvalue weighted by Gasteiger charge is 2.13. The van der Waals surface area contributed by atoms with E-state index in [1.165, 1.54) is 5.56 Å². The molecule has 0 heterocycles. The van der Waals surface area contributed by atoms with Crippen molar-refractivity contribution in [2.75, 3.05) is 0 Å². The number of carbonyl (C=O) groups excluding carboxylic acids is 2. The maximum absolute atomic E-state index is 12.1. The van der Waals surface area contributed by atoms with Gasteiger partial charge in [0, 0.05) is 11.1 Å². The molecule has 0 aliphatic rings. The third-order valence-corrected chi connectivity index (χ3v) is 3.23. The number of rotatable bonds is 6. The van der Waals surface area contributed by atoms with E-state index in [1.54, 1.807) is 24.3 Å². The van der Waals surface area contributed by atoms with Crippen molar-refractivity contribution in [1.29, 1.82) is 0 Å². The van der Waals surface area contributed by atoms with Crippen LogP contribution >= 0.6 is 0 Å². The summed E-state index contributed by atoms with van der Waals surface area (Å²) in [5, 5.41) is 0. The summed E-state index contributed by atoms with van der Waals surface area (Å²) < 4.78 is 0. The lowest BCUT2D eigenvalue weighted by Gasteiger charge is -2.03. The molecular weight excluding hydrogens is 248 g/mol. The molecule has 0 N–H and O–H groups in total. The first kappa shape index (κ1) is 14.2. The Morgan fingerprint density at radius 2 is 1.35 bits per heavy atom. The largest absolute Gasteiger partial charge is 0.294 e. The molecule has 2 heteroatoms. The predicted molar refractivity (Wildman–Crippen MR) is 80.2 cm³/mol. The average molecular weight is 266 g/mol. The summed E-state index contributed by atoms with van der Waals surface area (Å²) in [6, 6.07) is 16.5. The molecule has 0 aromatic heterocycles. The van der Waals surface area contributed by atoms with Crippen molar-refractivity contribution >= 4 is 11.6 Å². The van der Waals surface area contributed by atoms with Gasteiger partial charge >= 0.3 is 0 Å². The lowest BCUT2D eigenvalue weighted by atomic mass is 10.00. The van der Waals surface area contributed by atoms with Gasteiger partial charge in [-0.05, 0) is 12.0 Å². The van der Waals surface area contributed by atoms with Gasteiger partial charge in [0.2, 0.25) is 0 Å². The molecule has 102 valence electrons. The van der Waals surface area contributed by atoms with Crippen LogP contribution in [-0.4, -0.2) is 11.6 Å². The number of aryl methyl sites for hydroxylation is 1. The van der Waals surface area contributed by atoms with Gasteiger partial charge < -0.3 is 0 Å². The Morgan fingerprint density at radius 1 is 0.800 bits per heavy atom. The van der Waals surface area contributed by atoms with Gasteiger partial charge in [0.1, 0.15) is 0 Å². The van der Waals surface area contributed by atoms with Crippen LogP contribution in [0.1, 0.15) is 46.0 Å². The van der Waals surface area contributed by atoms with Crippen molar-refractivity contribution in [3.63, 3.8) is 0 Å². The first-order chi connectivity index (χ1) is 9.70. The lowest BCUT2D eigenvalue weighted by molar-refractivity contribution is 0.0894. The van der Waals surface area contributed by atoms with Crippen molar-refractivity contribution in [1.82, 2.24) is 0 Å². The molecule has 2 rings (SSSR count). The second-order valence-electron chi connectivity index (χ2n) is 4.84. The first-order valence-corrected chi connectivity index (χ1v) is 6.91. The predicted octanol–water partition coefficient (Wildman–Crippen LogP) is 4.09. The maximum Gasteiger partial charge on any atom is 0.170 e. The van der Waals surface area contributed by atoms with Crippen molar-refractivity contribution in [3.8, 4) is 0 Å². The Kier molecular flexibility index (Phi) is 4.83. The minimum absolute atomic E-state index is 0.0723. The molecule has 2 aromatic carbocycles. The summed E-state index contributed by atoms with van der Waals surface area (Å²) in [7, 11) is 0. The van der Waals surface area contributed by atoms with Crippen LogP contribution in [0.2, 0.25) is 0 Å². The van der Waals surface area contributed by atoms with Crippen molar-refractivity contribution in [3.05, 3.63) is 71.3 Å². The van der Waals surface area contributed by atoms with E-state index in [2.05, 4.69) is 6.92 Å². The number of ketones is 2. The van der Waals surface area contributed by atoms with Gasteiger partial charge in [-0.1, -0.05) is 67.9 Å². The molecule has 2 nitrogen and oxygen atoms in total. The Bertz CT molecular complexity index is 583. The van der Waals surface area contributed by atoms with Gasteiger partial charge in [0.05, 0.1) is 6.42 Å². The van der Waals surface area contributed by atoms with Crippen LogP contribution in [0.5, 0.6) is 0 Å². The molecule has 0 saturated heterocycles. The highest BCUT2D eigenvalue weighted by Crippen LogP contribution is 2.11. The summed E-state index contributed by atoms with van der Waals surface area (Å²) in [4.78, 5) is 24.1. The van der Waals surface area contributed by atoms with E-state index in [4.69, 9.17) is 0 Å². The normalized spacial score (nSPS) is 10.2. The summed E-state index contributed by atoms with van der Waals surface area (Å²) in [5.41, 5.74) is 2.41. The molecule has 0 bridgehead atoms. The van der Waals surface area contributed by atoms with Crippen LogP contribution in [-0.2, 0) is 6.42 Å². The van der Waals surface area contributed by atoms with E-state index in [1.807, 2.05) is 30.3 Å². The van der Waals surface area contributed by atoms with Gasteiger partial charge in [0.25, 0.3) is 0 Å². The molecule has 0 saturated carbocycles. The van der Waals surface area contributed by atoms with Crippen LogP contribution in [0.15, 0.2) is 54.6 Å². The van der Waals surface area contributed by atoms with Gasteiger partial charge in [-0.25, -0.2) is 0 Å². The molecule has 20 heavy (non-hydrogen) atoms. The Balaban J connectivity index is 2.03. The molecule has 0 atom stereocenters. The van der Waals surface area contributed by atoms with Gasteiger partial charge in [-0.3, -0.25) is 9.59 Å². The third kappa shape index (κ3) is 3.64. The Labute approximate surface area is 119 Å². The Morgan fingerprint density at radius 3 is 1.90 bits per heavy atom. The zero-order valence-corrected chi connectivity index (χ0v) is 11.6. The van der Waals surface area contributed by atoms with Crippen molar-refractivity contribution in [2.24, 2.45) is 0 Å². The molecule has 0 amide bonds. The van der Waals surface area contributed by atoms with Gasteiger partial charge in [0.15, 0.2) is 11.6 Å². The highest BCUT2D eigenvalue weighted by atomic mass is 16.1. The molecule has 0 fully saturated rings. The minimum atomic E-state index is -0.131. The van der Waals surface area contributed by atoms with Crippen molar-refractivity contribution in [2.45, 2.75) is 26.2 Å². The molecule has 0 radical (unpaired) electrons. The number of hydrogen-bond donors (Lipinski definition) is 0. The maximum atomic E-state index is 12.1. The fourth-order valence-corrected chi connectivity index (χ4v) is 2.12. The van der Waals surface area contributed by atoms with E-state index in [0.717, 1.165) is 12.8 Å². The molecule has 0 aliphatic heterocycles. The number of Topliss-reactive ketones (excluding diaryl/α,β-unsaturated/α-hetero) is 2. The summed E-state index contributed by atoms with van der Waals surface area (Å²) in [6.07, 6.45) is 2.02. The lowest BCUT2D eigenvalue weighted by Crippen LogP contribution is -2.08. The van der Waals surface area contributed by atoms with Crippen LogP contribution in [0, 0.1) is 0 Å².